The van der Waals surface area contributed by atoms with E-state index in [9.17, 15) is 23.7 Å². The van der Waals surface area contributed by atoms with Crippen LogP contribution < -0.4 is 5.32 Å². The lowest BCUT2D eigenvalue weighted by Gasteiger charge is -2.43. The highest BCUT2D eigenvalue weighted by Crippen LogP contribution is 2.45. The summed E-state index contributed by atoms with van der Waals surface area (Å²) in [5.41, 5.74) is -3.27. The number of fused-ring (bicyclic) bond motifs is 1. The first-order valence-electron chi connectivity index (χ1n) is 6.81. The predicted molar refractivity (Wildman–Crippen MR) is 71.7 cm³/mol. The summed E-state index contributed by atoms with van der Waals surface area (Å²) in [6, 6.07) is 5.78. The molecule has 1 unspecified atom stereocenters. The van der Waals surface area contributed by atoms with Crippen LogP contribution in [0.2, 0.25) is 0 Å². The Kier molecular flexibility index (Phi) is 3.36. The number of piperidine rings is 1. The molecular formula is C14H14F2N2O4. The topological polar surface area (TPSA) is 81.5 Å². The van der Waals surface area contributed by atoms with E-state index in [2.05, 4.69) is 5.32 Å². The summed E-state index contributed by atoms with van der Waals surface area (Å²) in [4.78, 5) is 22.3. The van der Waals surface area contributed by atoms with Crippen molar-refractivity contribution in [2.75, 3.05) is 19.9 Å². The normalized spacial score (nSPS) is 34.1. The minimum absolute atomic E-state index is 0.0763. The van der Waals surface area contributed by atoms with Crippen molar-refractivity contribution in [2.45, 2.75) is 17.6 Å². The summed E-state index contributed by atoms with van der Waals surface area (Å²) >= 11 is 0. The third kappa shape index (κ3) is 2.06. The molecule has 1 aromatic rings. The fourth-order valence-corrected chi connectivity index (χ4v) is 3.19. The monoisotopic (exact) mass is 312 g/mol. The van der Waals surface area contributed by atoms with Gasteiger partial charge in [-0.3, -0.25) is 14.9 Å². The van der Waals surface area contributed by atoms with Crippen molar-refractivity contribution in [3.63, 3.8) is 0 Å². The van der Waals surface area contributed by atoms with E-state index in [1.54, 1.807) is 6.07 Å². The Balaban J connectivity index is 2.03. The summed E-state index contributed by atoms with van der Waals surface area (Å²) in [7, 11) is 0. The van der Waals surface area contributed by atoms with E-state index in [1.165, 1.54) is 18.2 Å². The van der Waals surface area contributed by atoms with Crippen LogP contribution in [0.15, 0.2) is 24.3 Å². The van der Waals surface area contributed by atoms with Crippen molar-refractivity contribution in [1.82, 2.24) is 5.32 Å². The van der Waals surface area contributed by atoms with Crippen LogP contribution in [0.3, 0.4) is 0 Å². The maximum atomic E-state index is 14.3. The number of hydrogen-bond acceptors (Lipinski definition) is 4. The van der Waals surface area contributed by atoms with Crippen LogP contribution in [0.25, 0.3) is 0 Å². The molecule has 2 aliphatic heterocycles. The number of benzene rings is 1. The quantitative estimate of drug-likeness (QED) is 0.679. The molecule has 0 bridgehead atoms. The minimum Gasteiger partial charge on any atom is -0.378 e. The standard InChI is InChI=1S/C14H14F2N2O4/c15-7-13(16)5-10-6-22-8-14(10,17-12(13)19)9-2-1-3-11(4-9)18(20)21/h1-4,10H,5-8H2,(H,17,19)/t10-,13?,14-/m1/s1. The van der Waals surface area contributed by atoms with E-state index < -0.39 is 34.6 Å². The lowest BCUT2D eigenvalue weighted by Crippen LogP contribution is -2.63. The van der Waals surface area contributed by atoms with Crippen LogP contribution in [0.4, 0.5) is 14.5 Å². The van der Waals surface area contributed by atoms with Gasteiger partial charge in [-0.15, -0.1) is 0 Å². The molecule has 8 heteroatoms. The van der Waals surface area contributed by atoms with Crippen molar-refractivity contribution < 1.29 is 23.2 Å². The number of hydrogen-bond donors (Lipinski definition) is 1. The second-order valence-electron chi connectivity index (χ2n) is 5.75. The molecule has 1 amide bonds. The van der Waals surface area contributed by atoms with Gasteiger partial charge < -0.3 is 10.1 Å². The zero-order chi connectivity index (χ0) is 16.0. The van der Waals surface area contributed by atoms with Crippen LogP contribution in [-0.4, -0.2) is 36.4 Å². The summed E-state index contributed by atoms with van der Waals surface area (Å²) < 4.78 is 32.5. The molecule has 0 spiro atoms. The van der Waals surface area contributed by atoms with Gasteiger partial charge >= 0.3 is 0 Å². The molecular weight excluding hydrogens is 298 g/mol. The molecule has 22 heavy (non-hydrogen) atoms. The van der Waals surface area contributed by atoms with Crippen molar-refractivity contribution in [3.8, 4) is 0 Å². The number of ether oxygens (including phenoxy) is 1. The summed E-state index contributed by atoms with van der Waals surface area (Å²) in [6.45, 7) is -1.16. The summed E-state index contributed by atoms with van der Waals surface area (Å²) in [6.07, 6.45) is -0.308. The molecule has 3 atom stereocenters. The molecule has 1 aromatic carbocycles. The van der Waals surface area contributed by atoms with Gasteiger partial charge in [-0.2, -0.15) is 0 Å². The van der Waals surface area contributed by atoms with Gasteiger partial charge in [-0.25, -0.2) is 8.78 Å². The molecule has 3 rings (SSSR count). The number of alkyl halides is 2. The molecule has 0 aliphatic carbocycles. The summed E-state index contributed by atoms with van der Waals surface area (Å²) in [5, 5.41) is 13.4. The van der Waals surface area contributed by atoms with Gasteiger partial charge in [0.15, 0.2) is 0 Å². The van der Waals surface area contributed by atoms with Crippen LogP contribution in [0.1, 0.15) is 12.0 Å². The zero-order valence-electron chi connectivity index (χ0n) is 11.6. The third-order valence-corrected chi connectivity index (χ3v) is 4.44. The smallest absolute Gasteiger partial charge is 0.269 e. The Morgan fingerprint density at radius 1 is 1.50 bits per heavy atom. The van der Waals surface area contributed by atoms with Gasteiger partial charge in [-0.1, -0.05) is 12.1 Å². The van der Waals surface area contributed by atoms with Gasteiger partial charge in [0, 0.05) is 24.5 Å². The first kappa shape index (κ1) is 14.8. The van der Waals surface area contributed by atoms with Gasteiger partial charge in [0.25, 0.3) is 11.6 Å². The number of carbonyl (C=O) groups excluding carboxylic acids is 1. The first-order chi connectivity index (χ1) is 10.4. The first-order valence-corrected chi connectivity index (χ1v) is 6.81. The molecule has 0 aromatic heterocycles. The number of nitrogens with zero attached hydrogens (tertiary/aromatic N) is 1. The van der Waals surface area contributed by atoms with E-state index in [0.717, 1.165) is 0 Å². The number of amides is 1. The fourth-order valence-electron chi connectivity index (χ4n) is 3.19. The van der Waals surface area contributed by atoms with Crippen LogP contribution in [-0.2, 0) is 15.1 Å². The fraction of sp³-hybridized carbons (Fsp3) is 0.500. The largest absolute Gasteiger partial charge is 0.378 e. The van der Waals surface area contributed by atoms with Gasteiger partial charge in [0.1, 0.15) is 6.67 Å². The molecule has 2 aliphatic rings. The lowest BCUT2D eigenvalue weighted by atomic mass is 9.72. The maximum absolute atomic E-state index is 14.3. The van der Waals surface area contributed by atoms with Crippen molar-refractivity contribution in [2.24, 2.45) is 5.92 Å². The Labute approximate surface area is 124 Å². The molecule has 0 saturated carbocycles. The predicted octanol–water partition coefficient (Wildman–Crippen LogP) is 1.63. The number of halogens is 2. The van der Waals surface area contributed by atoms with Crippen LogP contribution in [0.5, 0.6) is 0 Å². The minimum atomic E-state index is -2.57. The van der Waals surface area contributed by atoms with E-state index >= 15 is 0 Å². The molecule has 6 nitrogen and oxygen atoms in total. The number of nitro groups is 1. The number of rotatable bonds is 3. The Morgan fingerprint density at radius 3 is 2.95 bits per heavy atom. The average Bonchev–Trinajstić information content (AvgIpc) is 2.91. The molecule has 0 radical (unpaired) electrons. The molecule has 2 saturated heterocycles. The molecule has 2 heterocycles. The molecule has 1 N–H and O–H groups in total. The van der Waals surface area contributed by atoms with Crippen molar-refractivity contribution >= 4 is 11.6 Å². The Morgan fingerprint density at radius 2 is 2.27 bits per heavy atom. The number of nitrogens with one attached hydrogen (secondary N) is 1. The van der Waals surface area contributed by atoms with Gasteiger partial charge in [0.2, 0.25) is 5.67 Å². The van der Waals surface area contributed by atoms with Crippen LogP contribution >= 0.6 is 0 Å². The second kappa shape index (κ2) is 4.98. The zero-order valence-corrected chi connectivity index (χ0v) is 11.6. The average molecular weight is 312 g/mol. The number of non-ortho nitro benzene ring substituents is 1. The Bertz CT molecular complexity index is 641. The highest BCUT2D eigenvalue weighted by Gasteiger charge is 2.58. The number of nitro benzene ring substituents is 1. The van der Waals surface area contributed by atoms with E-state index in [-0.39, 0.29) is 25.3 Å². The Hall–Kier alpha value is -2.09. The third-order valence-electron chi connectivity index (χ3n) is 4.44. The highest BCUT2D eigenvalue weighted by molar-refractivity contribution is 5.87. The molecule has 118 valence electrons. The highest BCUT2D eigenvalue weighted by atomic mass is 19.2. The maximum Gasteiger partial charge on any atom is 0.269 e. The summed E-state index contributed by atoms with van der Waals surface area (Å²) in [5.74, 6) is -1.52. The van der Waals surface area contributed by atoms with Crippen molar-refractivity contribution in [3.05, 3.63) is 39.9 Å². The van der Waals surface area contributed by atoms with Gasteiger partial charge in [-0.05, 0) is 5.56 Å². The lowest BCUT2D eigenvalue weighted by molar-refractivity contribution is -0.385. The second-order valence-corrected chi connectivity index (χ2v) is 5.75. The van der Waals surface area contributed by atoms with E-state index in [1.807, 2.05) is 0 Å². The SMILES string of the molecule is O=C1N[C@@]2(c3cccc([N+](=O)[O-])c3)COC[C@H]2CC1(F)CF. The van der Waals surface area contributed by atoms with Crippen molar-refractivity contribution in [1.29, 1.82) is 0 Å². The number of carbonyl (C=O) groups is 1. The van der Waals surface area contributed by atoms with Crippen LogP contribution in [0, 0.1) is 16.0 Å². The van der Waals surface area contributed by atoms with E-state index in [0.29, 0.717) is 5.56 Å². The van der Waals surface area contributed by atoms with Gasteiger partial charge in [0.05, 0.1) is 23.7 Å². The molecule has 2 fully saturated rings. The van der Waals surface area contributed by atoms with E-state index in [4.69, 9.17) is 4.74 Å².